The van der Waals surface area contributed by atoms with Crippen molar-refractivity contribution in [3.05, 3.63) is 59.2 Å². The number of phenols is 1. The SMILES string of the molecule is CCCNC(=O)c1ccc(NC(=O)c2c(O)cc(F)cc2F)cc1. The Bertz CT molecular complexity index is 738. The van der Waals surface area contributed by atoms with E-state index in [0.29, 0.717) is 29.9 Å². The first-order chi connectivity index (χ1) is 11.4. The van der Waals surface area contributed by atoms with Gasteiger partial charge in [-0.05, 0) is 30.7 Å². The van der Waals surface area contributed by atoms with Crippen molar-refractivity contribution >= 4 is 17.5 Å². The van der Waals surface area contributed by atoms with Gasteiger partial charge in [-0.25, -0.2) is 8.78 Å². The molecule has 0 saturated heterocycles. The molecular formula is C17H16F2N2O3. The molecule has 0 aromatic heterocycles. The van der Waals surface area contributed by atoms with E-state index in [4.69, 9.17) is 0 Å². The quantitative estimate of drug-likeness (QED) is 0.786. The van der Waals surface area contributed by atoms with Gasteiger partial charge in [0.25, 0.3) is 11.8 Å². The summed E-state index contributed by atoms with van der Waals surface area (Å²) < 4.78 is 26.6. The lowest BCUT2D eigenvalue weighted by Crippen LogP contribution is -2.23. The molecule has 2 aromatic carbocycles. The van der Waals surface area contributed by atoms with Gasteiger partial charge in [0.05, 0.1) is 0 Å². The van der Waals surface area contributed by atoms with Gasteiger partial charge in [-0.2, -0.15) is 0 Å². The van der Waals surface area contributed by atoms with Crippen molar-refractivity contribution in [2.75, 3.05) is 11.9 Å². The first-order valence-electron chi connectivity index (χ1n) is 7.30. The molecule has 0 unspecified atom stereocenters. The predicted octanol–water partition coefficient (Wildman–Crippen LogP) is 3.06. The monoisotopic (exact) mass is 334 g/mol. The van der Waals surface area contributed by atoms with E-state index in [1.54, 1.807) is 0 Å². The number of rotatable bonds is 5. The van der Waals surface area contributed by atoms with E-state index in [1.165, 1.54) is 24.3 Å². The number of benzene rings is 2. The summed E-state index contributed by atoms with van der Waals surface area (Å²) in [7, 11) is 0. The molecule has 2 amide bonds. The number of hydrogen-bond acceptors (Lipinski definition) is 3. The molecule has 24 heavy (non-hydrogen) atoms. The van der Waals surface area contributed by atoms with Crippen LogP contribution in [0.3, 0.4) is 0 Å². The van der Waals surface area contributed by atoms with Crippen LogP contribution in [0.4, 0.5) is 14.5 Å². The van der Waals surface area contributed by atoms with Crippen LogP contribution >= 0.6 is 0 Å². The van der Waals surface area contributed by atoms with E-state index in [2.05, 4.69) is 10.6 Å². The van der Waals surface area contributed by atoms with E-state index >= 15 is 0 Å². The molecule has 3 N–H and O–H groups in total. The Hall–Kier alpha value is -2.96. The maximum absolute atomic E-state index is 13.6. The average molecular weight is 334 g/mol. The number of hydrogen-bond donors (Lipinski definition) is 3. The summed E-state index contributed by atoms with van der Waals surface area (Å²) in [6.07, 6.45) is 0.812. The number of anilines is 1. The van der Waals surface area contributed by atoms with Crippen molar-refractivity contribution in [2.24, 2.45) is 0 Å². The van der Waals surface area contributed by atoms with Crippen LogP contribution in [0, 0.1) is 11.6 Å². The first kappa shape index (κ1) is 17.4. The molecule has 7 heteroatoms. The van der Waals surface area contributed by atoms with Gasteiger partial charge in [0, 0.05) is 29.9 Å². The molecule has 0 spiro atoms. The zero-order chi connectivity index (χ0) is 17.7. The number of nitrogens with one attached hydrogen (secondary N) is 2. The number of carbonyl (C=O) groups is 2. The zero-order valence-electron chi connectivity index (χ0n) is 12.9. The molecule has 0 heterocycles. The van der Waals surface area contributed by atoms with Crippen LogP contribution in [0.1, 0.15) is 34.1 Å². The third-order valence-corrected chi connectivity index (χ3v) is 3.20. The smallest absolute Gasteiger partial charge is 0.262 e. The summed E-state index contributed by atoms with van der Waals surface area (Å²) in [5.41, 5.74) is 0.0635. The number of amides is 2. The van der Waals surface area contributed by atoms with Gasteiger partial charge in [-0.1, -0.05) is 6.92 Å². The minimum atomic E-state index is -1.17. The second-order valence-electron chi connectivity index (χ2n) is 5.07. The minimum Gasteiger partial charge on any atom is -0.507 e. The first-order valence-corrected chi connectivity index (χ1v) is 7.30. The largest absolute Gasteiger partial charge is 0.507 e. The highest BCUT2D eigenvalue weighted by molar-refractivity contribution is 6.06. The van der Waals surface area contributed by atoms with Gasteiger partial charge in [-0.3, -0.25) is 9.59 Å². The number of halogens is 2. The Morgan fingerprint density at radius 2 is 1.75 bits per heavy atom. The molecule has 2 aromatic rings. The number of phenolic OH excluding ortho intramolecular Hbond substituents is 1. The van der Waals surface area contributed by atoms with Gasteiger partial charge >= 0.3 is 0 Å². The highest BCUT2D eigenvalue weighted by Crippen LogP contribution is 2.23. The van der Waals surface area contributed by atoms with Crippen LogP contribution in [0.2, 0.25) is 0 Å². The van der Waals surface area contributed by atoms with Crippen molar-refractivity contribution in [1.29, 1.82) is 0 Å². The van der Waals surface area contributed by atoms with E-state index in [-0.39, 0.29) is 5.91 Å². The maximum atomic E-state index is 13.6. The molecule has 0 atom stereocenters. The van der Waals surface area contributed by atoms with Crippen molar-refractivity contribution < 1.29 is 23.5 Å². The fourth-order valence-electron chi connectivity index (χ4n) is 2.02. The summed E-state index contributed by atoms with van der Waals surface area (Å²) in [5, 5.41) is 14.6. The fraction of sp³-hybridized carbons (Fsp3) is 0.176. The topological polar surface area (TPSA) is 78.4 Å². The molecule has 126 valence electrons. The van der Waals surface area contributed by atoms with Gasteiger partial charge in [-0.15, -0.1) is 0 Å². The van der Waals surface area contributed by atoms with Crippen molar-refractivity contribution in [3.63, 3.8) is 0 Å². The second-order valence-corrected chi connectivity index (χ2v) is 5.07. The van der Waals surface area contributed by atoms with Gasteiger partial charge in [0.2, 0.25) is 0 Å². The van der Waals surface area contributed by atoms with Crippen molar-refractivity contribution in [2.45, 2.75) is 13.3 Å². The predicted molar refractivity (Wildman–Crippen MR) is 85.0 cm³/mol. The van der Waals surface area contributed by atoms with Gasteiger partial charge < -0.3 is 15.7 Å². The van der Waals surface area contributed by atoms with Gasteiger partial charge in [0.15, 0.2) is 0 Å². The Kier molecular flexibility index (Phi) is 5.47. The number of carbonyl (C=O) groups excluding carboxylic acids is 2. The Morgan fingerprint density at radius 1 is 1.08 bits per heavy atom. The summed E-state index contributed by atoms with van der Waals surface area (Å²) in [6.45, 7) is 2.49. The molecule has 5 nitrogen and oxygen atoms in total. The molecular weight excluding hydrogens is 318 g/mol. The van der Waals surface area contributed by atoms with Crippen LogP contribution in [-0.2, 0) is 0 Å². The standard InChI is InChI=1S/C17H16F2N2O3/c1-2-7-20-16(23)10-3-5-12(6-4-10)21-17(24)15-13(19)8-11(18)9-14(15)22/h3-6,8-9,22H,2,7H2,1H3,(H,20,23)(H,21,24). The highest BCUT2D eigenvalue weighted by atomic mass is 19.1. The molecule has 0 aliphatic heterocycles. The zero-order valence-corrected chi connectivity index (χ0v) is 12.9. The Morgan fingerprint density at radius 3 is 2.33 bits per heavy atom. The normalized spacial score (nSPS) is 10.3. The summed E-state index contributed by atoms with van der Waals surface area (Å²) in [6, 6.07) is 7.10. The lowest BCUT2D eigenvalue weighted by molar-refractivity contribution is 0.0953. The molecule has 0 fully saturated rings. The van der Waals surface area contributed by atoms with Crippen LogP contribution in [-0.4, -0.2) is 23.5 Å². The Balaban J connectivity index is 2.11. The minimum absolute atomic E-state index is 0.239. The van der Waals surface area contributed by atoms with Crippen LogP contribution < -0.4 is 10.6 Å². The van der Waals surface area contributed by atoms with Crippen molar-refractivity contribution in [3.8, 4) is 5.75 Å². The molecule has 0 aliphatic rings. The second kappa shape index (κ2) is 7.54. The molecule has 0 aliphatic carbocycles. The molecule has 0 radical (unpaired) electrons. The van der Waals surface area contributed by atoms with Crippen molar-refractivity contribution in [1.82, 2.24) is 5.32 Å². The number of aromatic hydroxyl groups is 1. The third kappa shape index (κ3) is 4.07. The van der Waals surface area contributed by atoms with E-state index in [9.17, 15) is 23.5 Å². The van der Waals surface area contributed by atoms with Gasteiger partial charge in [0.1, 0.15) is 22.9 Å². The van der Waals surface area contributed by atoms with Crippen LogP contribution in [0.15, 0.2) is 36.4 Å². The van der Waals surface area contributed by atoms with Crippen LogP contribution in [0.25, 0.3) is 0 Å². The fourth-order valence-corrected chi connectivity index (χ4v) is 2.02. The summed E-state index contributed by atoms with van der Waals surface area (Å²) in [4.78, 5) is 23.8. The van der Waals surface area contributed by atoms with E-state index in [1.807, 2.05) is 6.92 Å². The molecule has 0 bridgehead atoms. The average Bonchev–Trinajstić information content (AvgIpc) is 2.52. The Labute approximate surface area is 137 Å². The highest BCUT2D eigenvalue weighted by Gasteiger charge is 2.18. The van der Waals surface area contributed by atoms with Crippen LogP contribution in [0.5, 0.6) is 5.75 Å². The summed E-state index contributed by atoms with van der Waals surface area (Å²) in [5.74, 6) is -4.10. The third-order valence-electron chi connectivity index (χ3n) is 3.20. The molecule has 0 saturated carbocycles. The molecule has 2 rings (SSSR count). The lowest BCUT2D eigenvalue weighted by Gasteiger charge is -2.09. The lowest BCUT2D eigenvalue weighted by atomic mass is 10.1. The maximum Gasteiger partial charge on any atom is 0.262 e. The van der Waals surface area contributed by atoms with E-state index in [0.717, 1.165) is 6.42 Å². The summed E-state index contributed by atoms with van der Waals surface area (Å²) >= 11 is 0. The van der Waals surface area contributed by atoms with E-state index < -0.39 is 28.9 Å².